The Kier molecular flexibility index (Phi) is 7.23. The molecule has 0 saturated carbocycles. The van der Waals surface area contributed by atoms with Gasteiger partial charge < -0.3 is 14.8 Å². The van der Waals surface area contributed by atoms with Crippen LogP contribution in [-0.2, 0) is 22.6 Å². The molecule has 0 fully saturated rings. The van der Waals surface area contributed by atoms with Gasteiger partial charge in [0.25, 0.3) is 0 Å². The monoisotopic (exact) mass is 444 g/mol. The average molecular weight is 445 g/mol. The van der Waals surface area contributed by atoms with E-state index in [-0.39, 0.29) is 18.9 Å². The molecule has 158 valence electrons. The fraction of sp³-hybridized carbons (Fsp3) is 0.318. The predicted molar refractivity (Wildman–Crippen MR) is 120 cm³/mol. The number of anilines is 1. The van der Waals surface area contributed by atoms with Crippen molar-refractivity contribution >= 4 is 39.6 Å². The largest absolute Gasteiger partial charge is 0.486 e. The molecule has 0 spiro atoms. The molecule has 0 radical (unpaired) electrons. The normalized spacial score (nSPS) is 10.7. The minimum atomic E-state index is -0.418. The van der Waals surface area contributed by atoms with Crippen molar-refractivity contribution in [3.63, 3.8) is 0 Å². The minimum Gasteiger partial charge on any atom is -0.486 e. The summed E-state index contributed by atoms with van der Waals surface area (Å²) in [4.78, 5) is 30.2. The van der Waals surface area contributed by atoms with Crippen molar-refractivity contribution in [2.75, 3.05) is 11.9 Å². The maximum atomic E-state index is 12.5. The smallest absolute Gasteiger partial charge is 0.341 e. The number of hydrogen-bond donors (Lipinski definition) is 1. The Morgan fingerprint density at radius 3 is 2.57 bits per heavy atom. The van der Waals surface area contributed by atoms with Crippen LogP contribution in [-0.4, -0.2) is 23.5 Å². The molecule has 2 heterocycles. The third-order valence-corrected chi connectivity index (χ3v) is 6.44. The van der Waals surface area contributed by atoms with Crippen LogP contribution in [0.3, 0.4) is 0 Å². The number of esters is 1. The maximum Gasteiger partial charge on any atom is 0.341 e. The number of benzene rings is 1. The number of rotatable bonds is 8. The van der Waals surface area contributed by atoms with Crippen LogP contribution in [0, 0.1) is 20.8 Å². The Labute approximate surface area is 183 Å². The molecular formula is C22H24N2O4S2. The van der Waals surface area contributed by atoms with Gasteiger partial charge in [-0.2, -0.15) is 0 Å². The Morgan fingerprint density at radius 1 is 1.13 bits per heavy atom. The van der Waals surface area contributed by atoms with Gasteiger partial charge in [-0.3, -0.25) is 4.79 Å². The lowest BCUT2D eigenvalue weighted by molar-refractivity contribution is -0.115. The Morgan fingerprint density at radius 2 is 1.87 bits per heavy atom. The highest BCUT2D eigenvalue weighted by Crippen LogP contribution is 2.33. The van der Waals surface area contributed by atoms with Crippen LogP contribution in [0.15, 0.2) is 29.6 Å². The molecule has 0 aliphatic heterocycles. The molecule has 0 bridgehead atoms. The number of carbonyl (C=O) groups excluding carboxylic acids is 2. The third kappa shape index (κ3) is 5.46. The summed E-state index contributed by atoms with van der Waals surface area (Å²) in [6.45, 7) is 8.19. The quantitative estimate of drug-likeness (QED) is 0.491. The lowest BCUT2D eigenvalue weighted by atomic mass is 10.1. The molecule has 8 heteroatoms. The summed E-state index contributed by atoms with van der Waals surface area (Å²) < 4.78 is 10.9. The molecule has 3 rings (SSSR count). The van der Waals surface area contributed by atoms with Crippen molar-refractivity contribution in [1.29, 1.82) is 0 Å². The summed E-state index contributed by atoms with van der Waals surface area (Å²) in [7, 11) is 0. The second kappa shape index (κ2) is 9.86. The summed E-state index contributed by atoms with van der Waals surface area (Å²) >= 11 is 2.83. The van der Waals surface area contributed by atoms with Crippen molar-refractivity contribution in [1.82, 2.24) is 4.98 Å². The Bertz CT molecular complexity index is 1040. The number of aryl methyl sites for hydroxylation is 2. The molecule has 0 unspecified atom stereocenters. The maximum absolute atomic E-state index is 12.5. The van der Waals surface area contributed by atoms with E-state index >= 15 is 0 Å². The van der Waals surface area contributed by atoms with E-state index in [1.54, 1.807) is 6.92 Å². The van der Waals surface area contributed by atoms with E-state index in [0.717, 1.165) is 21.2 Å². The van der Waals surface area contributed by atoms with E-state index in [2.05, 4.69) is 10.3 Å². The summed E-state index contributed by atoms with van der Waals surface area (Å²) in [6, 6.07) is 7.82. The first-order chi connectivity index (χ1) is 14.4. The number of thiazole rings is 1. The number of carbonyl (C=O) groups is 2. The first-order valence-electron chi connectivity index (χ1n) is 9.57. The van der Waals surface area contributed by atoms with Crippen LogP contribution in [0.4, 0.5) is 5.00 Å². The fourth-order valence-corrected chi connectivity index (χ4v) is 4.55. The van der Waals surface area contributed by atoms with Gasteiger partial charge in [0.1, 0.15) is 22.4 Å². The predicted octanol–water partition coefficient (Wildman–Crippen LogP) is 5.07. The van der Waals surface area contributed by atoms with Gasteiger partial charge in [0.15, 0.2) is 0 Å². The molecule has 0 aliphatic carbocycles. The number of nitrogens with one attached hydrogen (secondary N) is 1. The molecule has 0 saturated heterocycles. The van der Waals surface area contributed by atoms with Gasteiger partial charge in [-0.05, 0) is 45.4 Å². The van der Waals surface area contributed by atoms with Crippen LogP contribution in [0.2, 0.25) is 0 Å². The minimum absolute atomic E-state index is 0.124. The lowest BCUT2D eigenvalue weighted by Crippen LogP contribution is -2.16. The number of thiophene rings is 1. The Hall–Kier alpha value is -2.71. The van der Waals surface area contributed by atoms with Gasteiger partial charge in [0, 0.05) is 10.3 Å². The first-order valence-corrected chi connectivity index (χ1v) is 11.3. The van der Waals surface area contributed by atoms with E-state index in [9.17, 15) is 9.59 Å². The van der Waals surface area contributed by atoms with Crippen molar-refractivity contribution in [2.24, 2.45) is 0 Å². The molecular weight excluding hydrogens is 420 g/mol. The van der Waals surface area contributed by atoms with Crippen molar-refractivity contribution in [2.45, 2.75) is 40.7 Å². The molecule has 0 atom stereocenters. The number of ether oxygens (including phenoxy) is 2. The number of amides is 1. The topological polar surface area (TPSA) is 77.5 Å². The van der Waals surface area contributed by atoms with E-state index in [0.29, 0.717) is 22.9 Å². The van der Waals surface area contributed by atoms with Gasteiger partial charge in [0.05, 0.1) is 24.3 Å². The van der Waals surface area contributed by atoms with Gasteiger partial charge in [-0.15, -0.1) is 22.7 Å². The molecule has 2 aromatic heterocycles. The van der Waals surface area contributed by atoms with Crippen LogP contribution in [0.5, 0.6) is 5.75 Å². The van der Waals surface area contributed by atoms with Crippen LogP contribution in [0.25, 0.3) is 0 Å². The number of aromatic nitrogens is 1. The van der Waals surface area contributed by atoms with E-state index in [1.165, 1.54) is 28.2 Å². The molecule has 1 N–H and O–H groups in total. The molecule has 3 aromatic rings. The Balaban J connectivity index is 1.60. The summed E-state index contributed by atoms with van der Waals surface area (Å²) in [5.41, 5.74) is 3.10. The standard InChI is InChI=1S/C22H24N2O4S2/c1-5-27-22(26)20-14(3)15(4)30-21(20)24-18(25)10-16-12-29-19(23-16)11-28-17-8-6-13(2)7-9-17/h6-9,12H,5,10-11H2,1-4H3,(H,24,25). The van der Waals surface area contributed by atoms with E-state index in [4.69, 9.17) is 9.47 Å². The summed E-state index contributed by atoms with van der Waals surface area (Å²) in [5.74, 6) is 0.141. The van der Waals surface area contributed by atoms with Crippen molar-refractivity contribution in [3.05, 3.63) is 61.9 Å². The average Bonchev–Trinajstić information content (AvgIpc) is 3.25. The summed E-state index contributed by atoms with van der Waals surface area (Å²) in [5, 5.41) is 6.02. The third-order valence-electron chi connectivity index (χ3n) is 4.44. The second-order valence-electron chi connectivity index (χ2n) is 6.77. The molecule has 6 nitrogen and oxygen atoms in total. The van der Waals surface area contributed by atoms with E-state index < -0.39 is 5.97 Å². The lowest BCUT2D eigenvalue weighted by Gasteiger charge is -2.06. The zero-order valence-electron chi connectivity index (χ0n) is 17.4. The van der Waals surface area contributed by atoms with Crippen LogP contribution < -0.4 is 10.1 Å². The summed E-state index contributed by atoms with van der Waals surface area (Å²) in [6.07, 6.45) is 0.124. The van der Waals surface area contributed by atoms with E-state index in [1.807, 2.05) is 50.4 Å². The fourth-order valence-electron chi connectivity index (χ4n) is 2.78. The number of hydrogen-bond acceptors (Lipinski definition) is 7. The zero-order chi connectivity index (χ0) is 21.7. The molecule has 1 amide bonds. The first kappa shape index (κ1) is 22.0. The zero-order valence-corrected chi connectivity index (χ0v) is 19.0. The van der Waals surface area contributed by atoms with Gasteiger partial charge in [-0.25, -0.2) is 9.78 Å². The van der Waals surface area contributed by atoms with Gasteiger partial charge >= 0.3 is 5.97 Å². The highest BCUT2D eigenvalue weighted by Gasteiger charge is 2.22. The second-order valence-corrected chi connectivity index (χ2v) is 8.93. The SMILES string of the molecule is CCOC(=O)c1c(NC(=O)Cc2csc(COc3ccc(C)cc3)n2)sc(C)c1C. The number of nitrogens with zero attached hydrogens (tertiary/aromatic N) is 1. The van der Waals surface area contributed by atoms with Crippen LogP contribution in [0.1, 0.15) is 44.0 Å². The highest BCUT2D eigenvalue weighted by molar-refractivity contribution is 7.16. The molecule has 1 aromatic carbocycles. The van der Waals surface area contributed by atoms with Crippen molar-refractivity contribution < 1.29 is 19.1 Å². The van der Waals surface area contributed by atoms with Crippen molar-refractivity contribution in [3.8, 4) is 5.75 Å². The van der Waals surface area contributed by atoms with Gasteiger partial charge in [-0.1, -0.05) is 17.7 Å². The van der Waals surface area contributed by atoms with Gasteiger partial charge in [0.2, 0.25) is 5.91 Å². The highest BCUT2D eigenvalue weighted by atomic mass is 32.1. The van der Waals surface area contributed by atoms with Crippen LogP contribution >= 0.6 is 22.7 Å². The molecule has 0 aliphatic rings. The molecule has 30 heavy (non-hydrogen) atoms.